The summed E-state index contributed by atoms with van der Waals surface area (Å²) in [6.07, 6.45) is 1.28. The van der Waals surface area contributed by atoms with E-state index < -0.39 is 18.1 Å². The number of likely N-dealkylation sites (tertiary alicyclic amines) is 1. The predicted molar refractivity (Wildman–Crippen MR) is 78.2 cm³/mol. The third-order valence-corrected chi connectivity index (χ3v) is 3.69. The van der Waals surface area contributed by atoms with Crippen molar-refractivity contribution < 1.29 is 19.4 Å². The van der Waals surface area contributed by atoms with Gasteiger partial charge in [-0.3, -0.25) is 4.79 Å². The summed E-state index contributed by atoms with van der Waals surface area (Å²) in [7, 11) is 0. The second-order valence-corrected chi connectivity index (χ2v) is 5.28. The lowest BCUT2D eigenvalue weighted by Crippen LogP contribution is -2.52. The first-order valence-corrected chi connectivity index (χ1v) is 7.23. The predicted octanol–water partition coefficient (Wildman–Crippen LogP) is 1.79. The fourth-order valence-electron chi connectivity index (χ4n) is 2.58. The molecule has 0 aromatic heterocycles. The van der Waals surface area contributed by atoms with Crippen molar-refractivity contribution in [2.24, 2.45) is 0 Å². The molecule has 1 aliphatic rings. The van der Waals surface area contributed by atoms with Crippen LogP contribution in [0.3, 0.4) is 0 Å². The van der Waals surface area contributed by atoms with Gasteiger partial charge in [0.2, 0.25) is 0 Å². The molecule has 0 spiro atoms. The largest absolute Gasteiger partial charge is 0.481 e. The maximum Gasteiger partial charge on any atom is 0.326 e. The van der Waals surface area contributed by atoms with Crippen LogP contribution in [0, 0.1) is 11.3 Å². The lowest BCUT2D eigenvalue weighted by molar-refractivity contribution is -0.155. The monoisotopic (exact) mass is 302 g/mol. The van der Waals surface area contributed by atoms with E-state index >= 15 is 0 Å². The summed E-state index contributed by atoms with van der Waals surface area (Å²) in [5, 5.41) is 18.1. The van der Waals surface area contributed by atoms with Gasteiger partial charge in [0.15, 0.2) is 6.10 Å². The van der Waals surface area contributed by atoms with E-state index in [0.717, 1.165) is 12.8 Å². The van der Waals surface area contributed by atoms with Crippen molar-refractivity contribution in [2.45, 2.75) is 38.3 Å². The highest BCUT2D eigenvalue weighted by atomic mass is 16.5. The SMILES string of the molecule is C[C@H](Oc1cccc(C#N)c1)C(=O)N1CCCC[C@H]1C(=O)O. The van der Waals surface area contributed by atoms with Crippen molar-refractivity contribution in [3.05, 3.63) is 29.8 Å². The number of carboxylic acid groups (broad SMARTS) is 1. The molecule has 6 nitrogen and oxygen atoms in total. The standard InChI is InChI=1S/C16H18N2O4/c1-11(22-13-6-4-5-12(9-13)10-17)15(19)18-8-3-2-7-14(18)16(20)21/h4-6,9,11,14H,2-3,7-8H2,1H3,(H,20,21)/t11-,14-/m0/s1. The van der Waals surface area contributed by atoms with Gasteiger partial charge in [-0.25, -0.2) is 4.79 Å². The lowest BCUT2D eigenvalue weighted by atomic mass is 10.0. The number of nitriles is 1. The fraction of sp³-hybridized carbons (Fsp3) is 0.438. The van der Waals surface area contributed by atoms with E-state index in [1.54, 1.807) is 31.2 Å². The minimum Gasteiger partial charge on any atom is -0.481 e. The summed E-state index contributed by atoms with van der Waals surface area (Å²) in [5.74, 6) is -0.898. The number of hydrogen-bond donors (Lipinski definition) is 1. The van der Waals surface area contributed by atoms with Crippen LogP contribution in [0.15, 0.2) is 24.3 Å². The molecule has 0 aliphatic carbocycles. The summed E-state index contributed by atoms with van der Waals surface area (Å²) in [6, 6.07) is 7.75. The molecule has 0 saturated carbocycles. The molecule has 2 atom stereocenters. The molecule has 1 aromatic carbocycles. The molecule has 1 heterocycles. The Morgan fingerprint density at radius 1 is 1.45 bits per heavy atom. The van der Waals surface area contributed by atoms with Gasteiger partial charge in [-0.05, 0) is 44.4 Å². The molecule has 1 aliphatic heterocycles. The Balaban J connectivity index is 2.07. The fourth-order valence-corrected chi connectivity index (χ4v) is 2.58. The molecule has 0 radical (unpaired) electrons. The van der Waals surface area contributed by atoms with E-state index in [2.05, 4.69) is 0 Å². The number of aliphatic carboxylic acids is 1. The van der Waals surface area contributed by atoms with Crippen LogP contribution in [0.5, 0.6) is 5.75 Å². The minimum absolute atomic E-state index is 0.338. The maximum atomic E-state index is 12.4. The summed E-state index contributed by atoms with van der Waals surface area (Å²) in [4.78, 5) is 25.1. The van der Waals surface area contributed by atoms with Crippen LogP contribution in [0.2, 0.25) is 0 Å². The quantitative estimate of drug-likeness (QED) is 0.915. The summed E-state index contributed by atoms with van der Waals surface area (Å²) >= 11 is 0. The van der Waals surface area contributed by atoms with Gasteiger partial charge in [0.1, 0.15) is 11.8 Å². The van der Waals surface area contributed by atoms with E-state index in [4.69, 9.17) is 10.00 Å². The molecule has 1 N–H and O–H groups in total. The van der Waals surface area contributed by atoms with E-state index in [9.17, 15) is 14.7 Å². The lowest BCUT2D eigenvalue weighted by Gasteiger charge is -2.34. The number of nitrogens with zero attached hydrogens (tertiary/aromatic N) is 2. The van der Waals surface area contributed by atoms with Gasteiger partial charge < -0.3 is 14.7 Å². The Labute approximate surface area is 128 Å². The Hall–Kier alpha value is -2.55. The highest BCUT2D eigenvalue weighted by Crippen LogP contribution is 2.20. The van der Waals surface area contributed by atoms with Crippen LogP contribution in [0.1, 0.15) is 31.7 Å². The van der Waals surface area contributed by atoms with Crippen LogP contribution < -0.4 is 4.74 Å². The Bertz CT molecular complexity index is 608. The molecular formula is C16H18N2O4. The topological polar surface area (TPSA) is 90.6 Å². The van der Waals surface area contributed by atoms with Gasteiger partial charge in [0.05, 0.1) is 11.6 Å². The molecular weight excluding hydrogens is 284 g/mol. The van der Waals surface area contributed by atoms with E-state index in [-0.39, 0.29) is 5.91 Å². The number of amides is 1. The van der Waals surface area contributed by atoms with Gasteiger partial charge in [-0.2, -0.15) is 5.26 Å². The van der Waals surface area contributed by atoms with Crippen molar-refractivity contribution >= 4 is 11.9 Å². The normalized spacial score (nSPS) is 19.1. The van der Waals surface area contributed by atoms with Crippen LogP contribution in [0.25, 0.3) is 0 Å². The average Bonchev–Trinajstić information content (AvgIpc) is 2.54. The number of carbonyl (C=O) groups is 2. The zero-order valence-corrected chi connectivity index (χ0v) is 12.4. The molecule has 116 valence electrons. The maximum absolute atomic E-state index is 12.4. The molecule has 6 heteroatoms. The van der Waals surface area contributed by atoms with Crippen molar-refractivity contribution in [3.63, 3.8) is 0 Å². The number of ether oxygens (including phenoxy) is 1. The Kier molecular flexibility index (Phi) is 4.99. The first-order valence-electron chi connectivity index (χ1n) is 7.23. The van der Waals surface area contributed by atoms with Crippen LogP contribution in [0.4, 0.5) is 0 Å². The second kappa shape index (κ2) is 6.94. The van der Waals surface area contributed by atoms with Gasteiger partial charge in [-0.1, -0.05) is 6.07 Å². The highest BCUT2D eigenvalue weighted by molar-refractivity contribution is 5.86. The van der Waals surface area contributed by atoms with Crippen molar-refractivity contribution in [3.8, 4) is 11.8 Å². The zero-order valence-electron chi connectivity index (χ0n) is 12.4. The molecule has 2 rings (SSSR count). The third-order valence-electron chi connectivity index (χ3n) is 3.69. The van der Waals surface area contributed by atoms with Crippen molar-refractivity contribution in [1.82, 2.24) is 4.90 Å². The summed E-state index contributed by atoms with van der Waals surface area (Å²) in [5.41, 5.74) is 0.443. The van der Waals surface area contributed by atoms with Gasteiger partial charge in [0.25, 0.3) is 5.91 Å². The first-order chi connectivity index (χ1) is 10.5. The second-order valence-electron chi connectivity index (χ2n) is 5.28. The first kappa shape index (κ1) is 15.8. The smallest absolute Gasteiger partial charge is 0.326 e. The highest BCUT2D eigenvalue weighted by Gasteiger charge is 2.34. The molecule has 22 heavy (non-hydrogen) atoms. The molecule has 1 amide bonds. The number of piperidine rings is 1. The van der Waals surface area contributed by atoms with E-state index in [1.807, 2.05) is 6.07 Å². The van der Waals surface area contributed by atoms with Crippen molar-refractivity contribution in [2.75, 3.05) is 6.54 Å². The molecule has 1 aromatic rings. The average molecular weight is 302 g/mol. The molecule has 0 unspecified atom stereocenters. The van der Waals surface area contributed by atoms with Crippen LogP contribution in [-0.2, 0) is 9.59 Å². The van der Waals surface area contributed by atoms with Gasteiger partial charge >= 0.3 is 5.97 Å². The van der Waals surface area contributed by atoms with Gasteiger partial charge in [-0.15, -0.1) is 0 Å². The number of hydrogen-bond acceptors (Lipinski definition) is 4. The Morgan fingerprint density at radius 2 is 2.23 bits per heavy atom. The van der Waals surface area contributed by atoms with Gasteiger partial charge in [0, 0.05) is 6.54 Å². The van der Waals surface area contributed by atoms with Crippen LogP contribution in [-0.4, -0.2) is 40.6 Å². The summed E-state index contributed by atoms with van der Waals surface area (Å²) < 4.78 is 5.56. The van der Waals surface area contributed by atoms with E-state index in [0.29, 0.717) is 24.3 Å². The molecule has 1 saturated heterocycles. The molecule has 0 bridgehead atoms. The number of carboxylic acids is 1. The number of rotatable bonds is 4. The minimum atomic E-state index is -0.980. The number of carbonyl (C=O) groups excluding carboxylic acids is 1. The number of benzene rings is 1. The zero-order chi connectivity index (χ0) is 16.1. The summed E-state index contributed by atoms with van der Waals surface area (Å²) in [6.45, 7) is 2.02. The van der Waals surface area contributed by atoms with E-state index in [1.165, 1.54) is 4.90 Å². The van der Waals surface area contributed by atoms with Crippen molar-refractivity contribution in [1.29, 1.82) is 5.26 Å². The third kappa shape index (κ3) is 3.55. The Morgan fingerprint density at radius 3 is 2.91 bits per heavy atom. The van der Waals surface area contributed by atoms with Crippen LogP contribution >= 0.6 is 0 Å². The molecule has 1 fully saturated rings.